The molecule has 0 unspecified atom stereocenters. The molecule has 2 aromatic rings. The van der Waals surface area contributed by atoms with Gasteiger partial charge in [-0.3, -0.25) is 9.59 Å². The van der Waals surface area contributed by atoms with Gasteiger partial charge >= 0.3 is 6.61 Å². The second-order valence-electron chi connectivity index (χ2n) is 7.91. The Hall–Kier alpha value is -3.16. The molecule has 0 aromatic heterocycles. The number of ether oxygens (including phenoxy) is 2. The van der Waals surface area contributed by atoms with Gasteiger partial charge in [-0.25, -0.2) is 0 Å². The van der Waals surface area contributed by atoms with Gasteiger partial charge in [-0.15, -0.1) is 0 Å². The summed E-state index contributed by atoms with van der Waals surface area (Å²) in [6.45, 7) is 1.16. The van der Waals surface area contributed by atoms with Crippen LogP contribution in [-0.2, 0) is 11.3 Å². The Balaban J connectivity index is 1.52. The monoisotopic (exact) mass is 446 g/mol. The number of carbonyl (C=O) groups excluding carboxylic acids is 2. The highest BCUT2D eigenvalue weighted by atomic mass is 19.3. The van der Waals surface area contributed by atoms with Crippen molar-refractivity contribution < 1.29 is 27.8 Å². The molecule has 0 saturated carbocycles. The molecule has 6 nitrogen and oxygen atoms in total. The first-order valence-corrected chi connectivity index (χ1v) is 10.7. The topological polar surface area (TPSA) is 67.9 Å². The van der Waals surface area contributed by atoms with Gasteiger partial charge in [0, 0.05) is 29.8 Å². The Kier molecular flexibility index (Phi) is 8.03. The van der Waals surface area contributed by atoms with Gasteiger partial charge in [0.2, 0.25) is 0 Å². The summed E-state index contributed by atoms with van der Waals surface area (Å²) >= 11 is 0. The first kappa shape index (κ1) is 23.5. The number of amides is 2. The number of alkyl halides is 2. The molecule has 0 radical (unpaired) electrons. The molecule has 1 heterocycles. The average molecular weight is 446 g/mol. The number of carbonyl (C=O) groups is 2. The second kappa shape index (κ2) is 10.9. The number of likely N-dealkylation sites (tertiary alicyclic amines) is 1. The Bertz CT molecular complexity index is 910. The molecule has 1 aliphatic rings. The van der Waals surface area contributed by atoms with Crippen LogP contribution in [0, 0.1) is 0 Å². The van der Waals surface area contributed by atoms with Crippen LogP contribution in [0.25, 0.3) is 0 Å². The van der Waals surface area contributed by atoms with Crippen LogP contribution in [-0.4, -0.2) is 42.0 Å². The van der Waals surface area contributed by atoms with Crippen molar-refractivity contribution in [1.29, 1.82) is 0 Å². The lowest BCUT2D eigenvalue weighted by Crippen LogP contribution is -2.49. The van der Waals surface area contributed by atoms with Crippen molar-refractivity contribution in [3.63, 3.8) is 0 Å². The molecule has 1 N–H and O–H groups in total. The third-order valence-corrected chi connectivity index (χ3v) is 5.59. The number of para-hydroxylation sites is 1. The maximum Gasteiger partial charge on any atom is 0.387 e. The Morgan fingerprint density at radius 3 is 2.38 bits per heavy atom. The van der Waals surface area contributed by atoms with E-state index in [4.69, 9.17) is 4.74 Å². The molecule has 3 rings (SSSR count). The van der Waals surface area contributed by atoms with E-state index in [9.17, 15) is 18.4 Å². The Morgan fingerprint density at radius 2 is 1.72 bits per heavy atom. The number of hydrogen-bond donors (Lipinski definition) is 1. The van der Waals surface area contributed by atoms with Gasteiger partial charge in [0.05, 0.1) is 0 Å². The number of rotatable bonds is 8. The molecule has 2 atom stereocenters. The Morgan fingerprint density at radius 1 is 1.06 bits per heavy atom. The zero-order valence-corrected chi connectivity index (χ0v) is 18.2. The summed E-state index contributed by atoms with van der Waals surface area (Å²) in [5.74, 6) is 0.100. The molecule has 8 heteroatoms. The van der Waals surface area contributed by atoms with Gasteiger partial charge in [-0.05, 0) is 63.4 Å². The summed E-state index contributed by atoms with van der Waals surface area (Å²) in [6, 6.07) is 13.1. The molecule has 172 valence electrons. The van der Waals surface area contributed by atoms with Crippen molar-refractivity contribution >= 4 is 11.8 Å². The molecule has 0 aliphatic carbocycles. The van der Waals surface area contributed by atoms with Crippen LogP contribution < -0.4 is 14.8 Å². The first-order valence-electron chi connectivity index (χ1n) is 10.7. The van der Waals surface area contributed by atoms with Crippen LogP contribution in [0.1, 0.15) is 49.0 Å². The number of hydrogen-bond acceptors (Lipinski definition) is 4. The van der Waals surface area contributed by atoms with E-state index in [2.05, 4.69) is 23.9 Å². The number of halogens is 2. The molecule has 1 fully saturated rings. The average Bonchev–Trinajstić information content (AvgIpc) is 2.77. The summed E-state index contributed by atoms with van der Waals surface area (Å²) in [4.78, 5) is 26.9. The van der Waals surface area contributed by atoms with E-state index in [1.54, 1.807) is 42.5 Å². The second-order valence-corrected chi connectivity index (χ2v) is 7.91. The number of nitrogens with zero attached hydrogens (tertiary/aromatic N) is 1. The van der Waals surface area contributed by atoms with E-state index in [0.717, 1.165) is 19.3 Å². The summed E-state index contributed by atoms with van der Waals surface area (Å²) in [5.41, 5.74) is 0.829. The van der Waals surface area contributed by atoms with Crippen molar-refractivity contribution in [2.24, 2.45) is 0 Å². The fraction of sp³-hybridized carbons (Fsp3) is 0.417. The fourth-order valence-corrected chi connectivity index (χ4v) is 3.97. The highest BCUT2D eigenvalue weighted by Gasteiger charge is 2.29. The summed E-state index contributed by atoms with van der Waals surface area (Å²) in [5, 5.41) is 2.69. The summed E-state index contributed by atoms with van der Waals surface area (Å²) in [6.07, 6.45) is 3.12. The maximum absolute atomic E-state index is 12.6. The van der Waals surface area contributed by atoms with Gasteiger partial charge in [0.1, 0.15) is 11.5 Å². The van der Waals surface area contributed by atoms with Gasteiger partial charge in [0.25, 0.3) is 11.8 Å². The van der Waals surface area contributed by atoms with Gasteiger partial charge in [0.15, 0.2) is 6.61 Å². The SMILES string of the molecule is C[C@H]1CCC[C@H](C)N1C(=O)COc1ccc(C(=O)NCc2ccccc2OC(F)F)cc1. The van der Waals surface area contributed by atoms with Crippen LogP contribution in [0.2, 0.25) is 0 Å². The van der Waals surface area contributed by atoms with Crippen LogP contribution in [0.15, 0.2) is 48.5 Å². The van der Waals surface area contributed by atoms with E-state index < -0.39 is 6.61 Å². The summed E-state index contributed by atoms with van der Waals surface area (Å²) < 4.78 is 35.1. The molecule has 0 bridgehead atoms. The molecule has 1 aliphatic heterocycles. The minimum Gasteiger partial charge on any atom is -0.484 e. The van der Waals surface area contributed by atoms with Crippen molar-refractivity contribution in [3.8, 4) is 11.5 Å². The lowest BCUT2D eigenvalue weighted by molar-refractivity contribution is -0.139. The van der Waals surface area contributed by atoms with Crippen molar-refractivity contribution in [3.05, 3.63) is 59.7 Å². The van der Waals surface area contributed by atoms with E-state index in [1.165, 1.54) is 6.07 Å². The highest BCUT2D eigenvalue weighted by molar-refractivity contribution is 5.94. The normalized spacial score (nSPS) is 18.3. The molecule has 32 heavy (non-hydrogen) atoms. The largest absolute Gasteiger partial charge is 0.484 e. The van der Waals surface area contributed by atoms with Crippen molar-refractivity contribution in [2.75, 3.05) is 6.61 Å². The van der Waals surface area contributed by atoms with Crippen molar-refractivity contribution in [2.45, 2.75) is 58.3 Å². The van der Waals surface area contributed by atoms with E-state index in [0.29, 0.717) is 16.9 Å². The predicted molar refractivity (Wildman–Crippen MR) is 116 cm³/mol. The minimum atomic E-state index is -2.94. The van der Waals surface area contributed by atoms with E-state index in [-0.39, 0.29) is 42.8 Å². The molecule has 2 aromatic carbocycles. The molecule has 1 saturated heterocycles. The third-order valence-electron chi connectivity index (χ3n) is 5.59. The third kappa shape index (κ3) is 6.18. The standard InChI is InChI=1S/C24H28F2N2O4/c1-16-6-5-7-17(2)28(16)22(29)15-31-20-12-10-18(11-13-20)23(30)27-14-19-8-3-4-9-21(19)32-24(25)26/h3-4,8-13,16-17,24H,5-7,14-15H2,1-2H3,(H,27,30)/t16-,17-/m0/s1. The number of benzene rings is 2. The Labute approximate surface area is 186 Å². The highest BCUT2D eigenvalue weighted by Crippen LogP contribution is 2.23. The molecular weight excluding hydrogens is 418 g/mol. The first-order chi connectivity index (χ1) is 15.3. The minimum absolute atomic E-state index is 0.0218. The lowest BCUT2D eigenvalue weighted by Gasteiger charge is -2.38. The number of nitrogens with one attached hydrogen (secondary N) is 1. The number of piperidine rings is 1. The van der Waals surface area contributed by atoms with Gasteiger partial charge in [-0.2, -0.15) is 8.78 Å². The zero-order chi connectivity index (χ0) is 23.1. The molecular formula is C24H28F2N2O4. The van der Waals surface area contributed by atoms with Crippen LogP contribution in [0.4, 0.5) is 8.78 Å². The van der Waals surface area contributed by atoms with Gasteiger partial charge < -0.3 is 19.7 Å². The smallest absolute Gasteiger partial charge is 0.387 e. The molecule has 0 spiro atoms. The molecule has 2 amide bonds. The quantitative estimate of drug-likeness (QED) is 0.653. The van der Waals surface area contributed by atoms with Crippen LogP contribution in [0.3, 0.4) is 0 Å². The van der Waals surface area contributed by atoms with Crippen LogP contribution >= 0.6 is 0 Å². The van der Waals surface area contributed by atoms with E-state index in [1.807, 2.05) is 4.90 Å². The zero-order valence-electron chi connectivity index (χ0n) is 18.2. The maximum atomic E-state index is 12.6. The fourth-order valence-electron chi connectivity index (χ4n) is 3.97. The van der Waals surface area contributed by atoms with Crippen LogP contribution in [0.5, 0.6) is 11.5 Å². The predicted octanol–water partition coefficient (Wildman–Crippen LogP) is 4.39. The van der Waals surface area contributed by atoms with Crippen molar-refractivity contribution in [1.82, 2.24) is 10.2 Å². The van der Waals surface area contributed by atoms with Gasteiger partial charge in [-0.1, -0.05) is 18.2 Å². The van der Waals surface area contributed by atoms with E-state index >= 15 is 0 Å². The summed E-state index contributed by atoms with van der Waals surface area (Å²) in [7, 11) is 0. The lowest BCUT2D eigenvalue weighted by atomic mass is 9.97.